The highest BCUT2D eigenvalue weighted by atomic mass is 16.1. The van der Waals surface area contributed by atoms with Gasteiger partial charge in [0.2, 0.25) is 0 Å². The molecule has 0 unspecified atom stereocenters. The van der Waals surface area contributed by atoms with Crippen LogP contribution in [0.15, 0.2) is 36.8 Å². The van der Waals surface area contributed by atoms with Crippen molar-refractivity contribution in [3.63, 3.8) is 0 Å². The molecule has 0 spiro atoms. The number of aromatic amines is 1. The molecule has 4 rings (SSSR count). The largest absolute Gasteiger partial charge is 0.352 e. The van der Waals surface area contributed by atoms with Gasteiger partial charge in [0.25, 0.3) is 5.91 Å². The van der Waals surface area contributed by atoms with E-state index in [-0.39, 0.29) is 5.91 Å². The van der Waals surface area contributed by atoms with Gasteiger partial charge in [0.15, 0.2) is 0 Å². The van der Waals surface area contributed by atoms with Crippen LogP contribution in [0, 0.1) is 5.92 Å². The Morgan fingerprint density at radius 3 is 3.36 bits per heavy atom. The standard InChI is InChI=1S/C16H17N5O/c22-16(12-2-1-3-14-13(12)9-19-20-14)18-8-11-4-5-15-17-6-7-21(15)10-11/h1-3,6-7,9,11H,4-5,8,10H2,(H,18,22)(H,19,20)/t11-/m1/s1. The first-order valence-corrected chi connectivity index (χ1v) is 7.51. The van der Waals surface area contributed by atoms with E-state index in [0.717, 1.165) is 36.1 Å². The van der Waals surface area contributed by atoms with Gasteiger partial charge >= 0.3 is 0 Å². The molecule has 0 saturated heterocycles. The molecule has 0 aliphatic carbocycles. The second kappa shape index (κ2) is 5.29. The van der Waals surface area contributed by atoms with Gasteiger partial charge < -0.3 is 9.88 Å². The number of amides is 1. The van der Waals surface area contributed by atoms with Gasteiger partial charge in [0.1, 0.15) is 5.82 Å². The number of nitrogens with one attached hydrogen (secondary N) is 2. The van der Waals surface area contributed by atoms with Crippen LogP contribution in [-0.2, 0) is 13.0 Å². The molecular formula is C16H17N5O. The number of hydrogen-bond donors (Lipinski definition) is 2. The minimum absolute atomic E-state index is 0.0385. The Balaban J connectivity index is 1.44. The summed E-state index contributed by atoms with van der Waals surface area (Å²) < 4.78 is 2.18. The van der Waals surface area contributed by atoms with E-state index in [1.807, 2.05) is 30.6 Å². The van der Waals surface area contributed by atoms with E-state index < -0.39 is 0 Å². The summed E-state index contributed by atoms with van der Waals surface area (Å²) in [6.07, 6.45) is 7.59. The average Bonchev–Trinajstić information content (AvgIpc) is 3.20. The van der Waals surface area contributed by atoms with E-state index in [1.54, 1.807) is 6.20 Å². The third-order valence-electron chi connectivity index (χ3n) is 4.31. The predicted octanol–water partition coefficient (Wildman–Crippen LogP) is 1.75. The van der Waals surface area contributed by atoms with Crippen LogP contribution in [-0.4, -0.2) is 32.2 Å². The van der Waals surface area contributed by atoms with E-state index in [1.165, 1.54) is 0 Å². The SMILES string of the molecule is O=C(NC[C@H]1CCc2nccn2C1)c1cccc2[nH]ncc12. The number of imidazole rings is 1. The van der Waals surface area contributed by atoms with Gasteiger partial charge in [-0.2, -0.15) is 5.10 Å². The fraction of sp³-hybridized carbons (Fsp3) is 0.312. The maximum Gasteiger partial charge on any atom is 0.252 e. The van der Waals surface area contributed by atoms with Crippen LogP contribution in [0.4, 0.5) is 0 Å². The lowest BCUT2D eigenvalue weighted by Crippen LogP contribution is -2.33. The highest BCUT2D eigenvalue weighted by molar-refractivity contribution is 6.05. The molecule has 2 aromatic heterocycles. The molecule has 112 valence electrons. The van der Waals surface area contributed by atoms with Gasteiger partial charge in [0.05, 0.1) is 17.3 Å². The van der Waals surface area contributed by atoms with Gasteiger partial charge in [0, 0.05) is 37.3 Å². The summed E-state index contributed by atoms with van der Waals surface area (Å²) >= 11 is 0. The summed E-state index contributed by atoms with van der Waals surface area (Å²) in [4.78, 5) is 16.8. The predicted molar refractivity (Wildman–Crippen MR) is 82.5 cm³/mol. The second-order valence-electron chi connectivity index (χ2n) is 5.75. The zero-order valence-electron chi connectivity index (χ0n) is 12.1. The minimum atomic E-state index is -0.0385. The van der Waals surface area contributed by atoms with Crippen LogP contribution in [0.1, 0.15) is 22.6 Å². The van der Waals surface area contributed by atoms with Crippen molar-refractivity contribution in [3.8, 4) is 0 Å². The topological polar surface area (TPSA) is 75.6 Å². The lowest BCUT2D eigenvalue weighted by atomic mass is 9.99. The number of fused-ring (bicyclic) bond motifs is 2. The Labute approximate surface area is 127 Å². The molecular weight excluding hydrogens is 278 g/mol. The lowest BCUT2D eigenvalue weighted by molar-refractivity contribution is 0.0945. The number of hydrogen-bond acceptors (Lipinski definition) is 3. The maximum atomic E-state index is 12.4. The van der Waals surface area contributed by atoms with Gasteiger partial charge in [-0.15, -0.1) is 0 Å². The van der Waals surface area contributed by atoms with Crippen molar-refractivity contribution in [1.29, 1.82) is 0 Å². The number of carbonyl (C=O) groups excluding carboxylic acids is 1. The molecule has 0 bridgehead atoms. The number of nitrogens with zero attached hydrogens (tertiary/aromatic N) is 3. The molecule has 0 saturated carbocycles. The molecule has 3 aromatic rings. The van der Waals surface area contributed by atoms with Crippen molar-refractivity contribution in [2.24, 2.45) is 5.92 Å². The molecule has 1 aromatic carbocycles. The quantitative estimate of drug-likeness (QED) is 0.773. The molecule has 1 amide bonds. The number of aryl methyl sites for hydroxylation is 1. The van der Waals surface area contributed by atoms with Crippen LogP contribution in [0.5, 0.6) is 0 Å². The Morgan fingerprint density at radius 2 is 2.41 bits per heavy atom. The summed E-state index contributed by atoms with van der Waals surface area (Å²) in [7, 11) is 0. The molecule has 0 radical (unpaired) electrons. The molecule has 1 aliphatic heterocycles. The highest BCUT2D eigenvalue weighted by Crippen LogP contribution is 2.19. The van der Waals surface area contributed by atoms with Gasteiger partial charge in [-0.1, -0.05) is 6.07 Å². The summed E-state index contributed by atoms with van der Waals surface area (Å²) in [6.45, 7) is 1.61. The molecule has 1 aliphatic rings. The van der Waals surface area contributed by atoms with Crippen LogP contribution in [0.2, 0.25) is 0 Å². The van der Waals surface area contributed by atoms with Crippen LogP contribution < -0.4 is 5.32 Å². The third-order valence-corrected chi connectivity index (χ3v) is 4.31. The molecule has 6 heteroatoms. The van der Waals surface area contributed by atoms with Crippen LogP contribution >= 0.6 is 0 Å². The van der Waals surface area contributed by atoms with Gasteiger partial charge in [-0.05, 0) is 24.5 Å². The second-order valence-corrected chi connectivity index (χ2v) is 5.75. The van der Waals surface area contributed by atoms with Crippen molar-refractivity contribution >= 4 is 16.8 Å². The normalized spacial score (nSPS) is 17.4. The average molecular weight is 295 g/mol. The number of carbonyl (C=O) groups is 1. The Morgan fingerprint density at radius 1 is 1.45 bits per heavy atom. The summed E-state index contributed by atoms with van der Waals surface area (Å²) in [5.41, 5.74) is 1.55. The van der Waals surface area contributed by atoms with Crippen molar-refractivity contribution in [3.05, 3.63) is 48.2 Å². The van der Waals surface area contributed by atoms with Crippen molar-refractivity contribution in [1.82, 2.24) is 25.1 Å². The molecule has 0 fully saturated rings. The van der Waals surface area contributed by atoms with Gasteiger partial charge in [-0.3, -0.25) is 9.89 Å². The summed E-state index contributed by atoms with van der Waals surface area (Å²) in [6, 6.07) is 5.62. The molecule has 22 heavy (non-hydrogen) atoms. The highest BCUT2D eigenvalue weighted by Gasteiger charge is 2.20. The van der Waals surface area contributed by atoms with Crippen molar-refractivity contribution in [2.75, 3.05) is 6.54 Å². The van der Waals surface area contributed by atoms with Crippen LogP contribution in [0.25, 0.3) is 10.9 Å². The first-order valence-electron chi connectivity index (χ1n) is 7.51. The maximum absolute atomic E-state index is 12.4. The molecule has 1 atom stereocenters. The first-order chi connectivity index (χ1) is 10.8. The van der Waals surface area contributed by atoms with Gasteiger partial charge in [-0.25, -0.2) is 4.98 Å². The number of benzene rings is 1. The van der Waals surface area contributed by atoms with E-state index in [9.17, 15) is 4.79 Å². The smallest absolute Gasteiger partial charge is 0.252 e. The minimum Gasteiger partial charge on any atom is -0.352 e. The first kappa shape index (κ1) is 13.1. The van der Waals surface area contributed by atoms with E-state index in [4.69, 9.17) is 0 Å². The molecule has 2 N–H and O–H groups in total. The molecule has 6 nitrogen and oxygen atoms in total. The fourth-order valence-electron chi connectivity index (χ4n) is 3.10. The number of H-pyrrole nitrogens is 1. The van der Waals surface area contributed by atoms with E-state index >= 15 is 0 Å². The zero-order valence-corrected chi connectivity index (χ0v) is 12.1. The van der Waals surface area contributed by atoms with Crippen LogP contribution in [0.3, 0.4) is 0 Å². The Kier molecular flexibility index (Phi) is 3.14. The lowest BCUT2D eigenvalue weighted by Gasteiger charge is -2.24. The van der Waals surface area contributed by atoms with Crippen molar-refractivity contribution < 1.29 is 4.79 Å². The summed E-state index contributed by atoms with van der Waals surface area (Å²) in [5.74, 6) is 1.56. The Hall–Kier alpha value is -2.63. The third kappa shape index (κ3) is 2.26. The van der Waals surface area contributed by atoms with E-state index in [2.05, 4.69) is 25.1 Å². The number of aromatic nitrogens is 4. The van der Waals surface area contributed by atoms with E-state index in [0.29, 0.717) is 18.0 Å². The number of rotatable bonds is 3. The summed E-state index contributed by atoms with van der Waals surface area (Å²) in [5, 5.41) is 10.8. The zero-order chi connectivity index (χ0) is 14.9. The Bertz CT molecular complexity index is 819. The fourth-order valence-corrected chi connectivity index (χ4v) is 3.10. The monoisotopic (exact) mass is 295 g/mol. The molecule has 3 heterocycles. The van der Waals surface area contributed by atoms with Crippen molar-refractivity contribution in [2.45, 2.75) is 19.4 Å².